The van der Waals surface area contributed by atoms with E-state index >= 15 is 0 Å². The second-order valence-corrected chi connectivity index (χ2v) is 3.36. The van der Waals surface area contributed by atoms with Gasteiger partial charge in [-0.25, -0.2) is 8.78 Å². The van der Waals surface area contributed by atoms with Gasteiger partial charge in [-0.15, -0.1) is 0 Å². The Balaban J connectivity index is 2.95. The van der Waals surface area contributed by atoms with Gasteiger partial charge in [0, 0.05) is 6.54 Å². The van der Waals surface area contributed by atoms with Crippen LogP contribution in [0.4, 0.5) is 14.5 Å². The van der Waals surface area contributed by atoms with Gasteiger partial charge in [0.2, 0.25) is 0 Å². The van der Waals surface area contributed by atoms with E-state index in [9.17, 15) is 8.78 Å². The molecule has 1 aromatic rings. The van der Waals surface area contributed by atoms with E-state index in [1.807, 2.05) is 0 Å². The highest BCUT2D eigenvalue weighted by molar-refractivity contribution is 5.49. The van der Waals surface area contributed by atoms with E-state index in [1.165, 1.54) is 12.1 Å². The third-order valence-corrected chi connectivity index (χ3v) is 1.85. The fourth-order valence-corrected chi connectivity index (χ4v) is 1.06. The molecule has 0 spiro atoms. The summed E-state index contributed by atoms with van der Waals surface area (Å²) in [6, 6.07) is 2.66. The minimum Gasteiger partial charge on any atom is -0.377 e. The number of hydrogen-bond acceptors (Lipinski definition) is 1. The Hall–Kier alpha value is -1.38. The second-order valence-electron chi connectivity index (χ2n) is 3.36. The van der Waals surface area contributed by atoms with E-state index < -0.39 is 11.6 Å². The standard InChI is InChI=1S/C11H13F2N/c1-7(2)6-14-11-9(12)5-4-8(3)10(11)13/h4-5,14H,1,6H2,2-3H3. The minimum atomic E-state index is -0.575. The predicted octanol–water partition coefficient (Wildman–Crippen LogP) is 3.26. The van der Waals surface area contributed by atoms with E-state index in [4.69, 9.17) is 0 Å². The summed E-state index contributed by atoms with van der Waals surface area (Å²) in [6.07, 6.45) is 0. The van der Waals surface area contributed by atoms with Gasteiger partial charge in [-0.05, 0) is 25.5 Å². The van der Waals surface area contributed by atoms with Crippen LogP contribution in [-0.2, 0) is 0 Å². The monoisotopic (exact) mass is 197 g/mol. The van der Waals surface area contributed by atoms with Crippen molar-refractivity contribution in [3.05, 3.63) is 41.5 Å². The van der Waals surface area contributed by atoms with Crippen LogP contribution in [0, 0.1) is 18.6 Å². The first-order valence-corrected chi connectivity index (χ1v) is 4.35. The van der Waals surface area contributed by atoms with E-state index in [2.05, 4.69) is 11.9 Å². The van der Waals surface area contributed by atoms with Gasteiger partial charge in [0.25, 0.3) is 0 Å². The normalized spacial score (nSPS) is 10.0. The summed E-state index contributed by atoms with van der Waals surface area (Å²) < 4.78 is 26.5. The largest absolute Gasteiger partial charge is 0.377 e. The van der Waals surface area contributed by atoms with Gasteiger partial charge < -0.3 is 5.32 Å². The van der Waals surface area contributed by atoms with Crippen molar-refractivity contribution in [2.45, 2.75) is 13.8 Å². The fourth-order valence-electron chi connectivity index (χ4n) is 1.06. The van der Waals surface area contributed by atoms with Crippen molar-refractivity contribution in [2.24, 2.45) is 0 Å². The highest BCUT2D eigenvalue weighted by Crippen LogP contribution is 2.21. The molecule has 76 valence electrons. The van der Waals surface area contributed by atoms with Crippen molar-refractivity contribution in [1.82, 2.24) is 0 Å². The number of benzene rings is 1. The summed E-state index contributed by atoms with van der Waals surface area (Å²) in [5, 5.41) is 2.67. The summed E-state index contributed by atoms with van der Waals surface area (Å²) in [7, 11) is 0. The average molecular weight is 197 g/mol. The summed E-state index contributed by atoms with van der Waals surface area (Å²) in [5.41, 5.74) is 1.17. The maximum Gasteiger partial charge on any atom is 0.152 e. The zero-order chi connectivity index (χ0) is 10.7. The molecular formula is C11H13F2N. The molecule has 0 radical (unpaired) electrons. The van der Waals surface area contributed by atoms with Crippen molar-refractivity contribution in [1.29, 1.82) is 0 Å². The summed E-state index contributed by atoms with van der Waals surface area (Å²) in [6.45, 7) is 7.41. The van der Waals surface area contributed by atoms with Gasteiger partial charge in [0.1, 0.15) is 11.5 Å². The predicted molar refractivity (Wildman–Crippen MR) is 54.4 cm³/mol. The summed E-state index contributed by atoms with van der Waals surface area (Å²) in [5.74, 6) is -1.11. The Morgan fingerprint density at radius 2 is 2.07 bits per heavy atom. The molecule has 0 aromatic heterocycles. The van der Waals surface area contributed by atoms with Crippen molar-refractivity contribution < 1.29 is 8.78 Å². The Morgan fingerprint density at radius 1 is 1.43 bits per heavy atom. The van der Waals surface area contributed by atoms with E-state index in [1.54, 1.807) is 13.8 Å². The number of rotatable bonds is 3. The maximum atomic E-state index is 13.4. The number of anilines is 1. The van der Waals surface area contributed by atoms with Crippen molar-refractivity contribution >= 4 is 5.69 Å². The van der Waals surface area contributed by atoms with Crippen LogP contribution in [0.25, 0.3) is 0 Å². The van der Waals surface area contributed by atoms with E-state index in [-0.39, 0.29) is 5.69 Å². The molecule has 0 saturated carbocycles. The second kappa shape index (κ2) is 4.22. The summed E-state index contributed by atoms with van der Waals surface area (Å²) >= 11 is 0. The van der Waals surface area contributed by atoms with E-state index in [0.717, 1.165) is 5.57 Å². The number of halogens is 2. The fraction of sp³-hybridized carbons (Fsp3) is 0.273. The number of aryl methyl sites for hydroxylation is 1. The summed E-state index contributed by atoms with van der Waals surface area (Å²) in [4.78, 5) is 0. The van der Waals surface area contributed by atoms with Crippen LogP contribution in [0.5, 0.6) is 0 Å². The third-order valence-electron chi connectivity index (χ3n) is 1.85. The van der Waals surface area contributed by atoms with Crippen molar-refractivity contribution in [3.63, 3.8) is 0 Å². The molecule has 0 atom stereocenters. The molecule has 1 N–H and O–H groups in total. The van der Waals surface area contributed by atoms with Gasteiger partial charge >= 0.3 is 0 Å². The topological polar surface area (TPSA) is 12.0 Å². The van der Waals surface area contributed by atoms with Gasteiger partial charge in [0.15, 0.2) is 5.82 Å². The zero-order valence-corrected chi connectivity index (χ0v) is 8.32. The van der Waals surface area contributed by atoms with Crippen LogP contribution in [0.1, 0.15) is 12.5 Å². The van der Waals surface area contributed by atoms with Crippen LogP contribution in [-0.4, -0.2) is 6.54 Å². The van der Waals surface area contributed by atoms with Crippen LogP contribution in [0.3, 0.4) is 0 Å². The maximum absolute atomic E-state index is 13.4. The Kier molecular flexibility index (Phi) is 3.23. The molecule has 0 saturated heterocycles. The third kappa shape index (κ3) is 2.31. The molecule has 0 unspecified atom stereocenters. The van der Waals surface area contributed by atoms with Crippen LogP contribution in [0.2, 0.25) is 0 Å². The van der Waals surface area contributed by atoms with Gasteiger partial charge in [-0.2, -0.15) is 0 Å². The van der Waals surface area contributed by atoms with Crippen LogP contribution < -0.4 is 5.32 Å². The lowest BCUT2D eigenvalue weighted by atomic mass is 10.2. The highest BCUT2D eigenvalue weighted by Gasteiger charge is 2.10. The molecule has 0 fully saturated rings. The smallest absolute Gasteiger partial charge is 0.152 e. The van der Waals surface area contributed by atoms with Crippen molar-refractivity contribution in [3.8, 4) is 0 Å². The van der Waals surface area contributed by atoms with Gasteiger partial charge in [0.05, 0.1) is 0 Å². The number of hydrogen-bond donors (Lipinski definition) is 1. The molecule has 3 heteroatoms. The molecule has 14 heavy (non-hydrogen) atoms. The molecule has 1 rings (SSSR count). The molecule has 0 bridgehead atoms. The molecule has 1 aromatic carbocycles. The highest BCUT2D eigenvalue weighted by atomic mass is 19.1. The molecule has 0 aliphatic rings. The molecule has 0 aliphatic heterocycles. The molecule has 0 heterocycles. The minimum absolute atomic E-state index is 0.0759. The quantitative estimate of drug-likeness (QED) is 0.733. The number of nitrogens with one attached hydrogen (secondary N) is 1. The molecule has 0 amide bonds. The van der Waals surface area contributed by atoms with E-state index in [0.29, 0.717) is 12.1 Å². The Labute approximate surface area is 82.4 Å². The van der Waals surface area contributed by atoms with Crippen molar-refractivity contribution in [2.75, 3.05) is 11.9 Å². The molecular weight excluding hydrogens is 184 g/mol. The Morgan fingerprint density at radius 3 is 2.64 bits per heavy atom. The van der Waals surface area contributed by atoms with Crippen LogP contribution >= 0.6 is 0 Å². The lowest BCUT2D eigenvalue weighted by Crippen LogP contribution is -2.06. The van der Waals surface area contributed by atoms with Gasteiger partial charge in [-0.1, -0.05) is 18.2 Å². The molecule has 1 nitrogen and oxygen atoms in total. The molecule has 0 aliphatic carbocycles. The first-order chi connectivity index (χ1) is 6.52. The first kappa shape index (κ1) is 10.7. The lowest BCUT2D eigenvalue weighted by molar-refractivity contribution is 0.583. The lowest BCUT2D eigenvalue weighted by Gasteiger charge is -2.09. The average Bonchev–Trinajstić information content (AvgIpc) is 2.11. The zero-order valence-electron chi connectivity index (χ0n) is 8.32. The van der Waals surface area contributed by atoms with Crippen LogP contribution in [0.15, 0.2) is 24.3 Å². The Bertz CT molecular complexity index is 359. The SMILES string of the molecule is C=C(C)CNc1c(F)ccc(C)c1F. The van der Waals surface area contributed by atoms with Gasteiger partial charge in [-0.3, -0.25) is 0 Å². The first-order valence-electron chi connectivity index (χ1n) is 4.35.